The molecule has 0 aliphatic heterocycles. The van der Waals surface area contributed by atoms with Gasteiger partial charge in [-0.1, -0.05) is 19.9 Å². The lowest BCUT2D eigenvalue weighted by Gasteiger charge is -2.20. The SMILES string of the molecule is [2H]C([2H])([2H])N(CC(=O)OC[C@H](C)[C@@H](C)CCC=C)C(=N)N. The summed E-state index contributed by atoms with van der Waals surface area (Å²) in [6, 6.07) is 0. The van der Waals surface area contributed by atoms with Crippen LogP contribution in [0.4, 0.5) is 0 Å². The van der Waals surface area contributed by atoms with E-state index in [4.69, 9.17) is 20.0 Å². The minimum absolute atomic E-state index is 0.160. The van der Waals surface area contributed by atoms with Crippen molar-refractivity contribution in [1.29, 1.82) is 5.41 Å². The number of ether oxygens (including phenoxy) is 1. The van der Waals surface area contributed by atoms with Gasteiger partial charge in [-0.25, -0.2) is 0 Å². The highest BCUT2D eigenvalue weighted by atomic mass is 16.5. The number of nitrogens with one attached hydrogen (secondary N) is 1. The number of esters is 1. The first-order chi connectivity index (χ1) is 9.59. The Morgan fingerprint density at radius 1 is 1.61 bits per heavy atom. The van der Waals surface area contributed by atoms with Gasteiger partial charge in [0.1, 0.15) is 6.54 Å². The summed E-state index contributed by atoms with van der Waals surface area (Å²) >= 11 is 0. The van der Waals surface area contributed by atoms with Crippen LogP contribution in [0, 0.1) is 17.2 Å². The van der Waals surface area contributed by atoms with Crippen LogP contribution in [0.3, 0.4) is 0 Å². The smallest absolute Gasteiger partial charge is 0.325 e. The molecule has 5 heteroatoms. The van der Waals surface area contributed by atoms with Crippen molar-refractivity contribution in [2.45, 2.75) is 26.7 Å². The molecule has 0 aromatic carbocycles. The molecule has 3 N–H and O–H groups in total. The van der Waals surface area contributed by atoms with E-state index < -0.39 is 25.4 Å². The van der Waals surface area contributed by atoms with E-state index in [9.17, 15) is 4.79 Å². The molecule has 0 radical (unpaired) electrons. The Labute approximate surface area is 114 Å². The van der Waals surface area contributed by atoms with E-state index in [1.54, 1.807) is 0 Å². The van der Waals surface area contributed by atoms with Gasteiger partial charge in [0.15, 0.2) is 5.96 Å². The van der Waals surface area contributed by atoms with Gasteiger partial charge in [0.05, 0.1) is 6.61 Å². The van der Waals surface area contributed by atoms with Crippen LogP contribution in [0.5, 0.6) is 0 Å². The molecule has 104 valence electrons. The van der Waals surface area contributed by atoms with E-state index >= 15 is 0 Å². The second kappa shape index (κ2) is 8.55. The summed E-state index contributed by atoms with van der Waals surface area (Å²) in [5.74, 6) is -0.863. The normalized spacial score (nSPS) is 16.7. The van der Waals surface area contributed by atoms with Gasteiger partial charge >= 0.3 is 5.97 Å². The van der Waals surface area contributed by atoms with Gasteiger partial charge in [0.25, 0.3) is 0 Å². The standard InChI is InChI=1S/C13H25N3O2/c1-5-6-7-10(2)11(3)9-18-12(17)8-16(4)13(14)15/h5,10-11H,1,6-9H2,2-4H3,(H3,14,15)/t10-,11-/m0/s1/i4D3. The van der Waals surface area contributed by atoms with E-state index in [0.717, 1.165) is 12.8 Å². The molecular formula is C13H25N3O2. The van der Waals surface area contributed by atoms with Crippen molar-refractivity contribution in [2.24, 2.45) is 17.6 Å². The average molecular weight is 258 g/mol. The fourth-order valence-electron chi connectivity index (χ4n) is 1.31. The molecule has 18 heavy (non-hydrogen) atoms. The highest BCUT2D eigenvalue weighted by molar-refractivity contribution is 5.80. The van der Waals surface area contributed by atoms with E-state index in [2.05, 4.69) is 13.5 Å². The summed E-state index contributed by atoms with van der Waals surface area (Å²) in [4.78, 5) is 12.2. The molecule has 5 nitrogen and oxygen atoms in total. The van der Waals surface area contributed by atoms with Gasteiger partial charge in [0.2, 0.25) is 0 Å². The number of allylic oxidation sites excluding steroid dienone is 1. The van der Waals surface area contributed by atoms with Crippen LogP contribution in [-0.2, 0) is 9.53 Å². The molecule has 2 atom stereocenters. The first kappa shape index (κ1) is 11.6. The maximum Gasteiger partial charge on any atom is 0.325 e. The maximum atomic E-state index is 11.7. The van der Waals surface area contributed by atoms with Crippen LogP contribution in [0.2, 0.25) is 0 Å². The second-order valence-corrected chi connectivity index (χ2v) is 4.47. The lowest BCUT2D eigenvalue weighted by Crippen LogP contribution is -2.37. The Morgan fingerprint density at radius 2 is 2.28 bits per heavy atom. The molecule has 0 heterocycles. The number of hydrogen-bond donors (Lipinski definition) is 2. The Morgan fingerprint density at radius 3 is 2.78 bits per heavy atom. The van der Waals surface area contributed by atoms with Crippen molar-refractivity contribution < 1.29 is 13.6 Å². The van der Waals surface area contributed by atoms with Gasteiger partial charge in [-0.15, -0.1) is 6.58 Å². The number of carbonyl (C=O) groups excluding carboxylic acids is 1. The largest absolute Gasteiger partial charge is 0.464 e. The molecule has 0 aliphatic rings. The minimum Gasteiger partial charge on any atom is -0.464 e. The van der Waals surface area contributed by atoms with E-state index in [1.807, 2.05) is 13.0 Å². The number of guanidine groups is 1. The summed E-state index contributed by atoms with van der Waals surface area (Å²) in [6.45, 7) is 4.71. The lowest BCUT2D eigenvalue weighted by molar-refractivity contribution is -0.145. The van der Waals surface area contributed by atoms with Gasteiger partial charge in [0, 0.05) is 11.1 Å². The van der Waals surface area contributed by atoms with Crippen molar-refractivity contribution in [3.63, 3.8) is 0 Å². The molecule has 0 bridgehead atoms. The molecule has 0 aromatic heterocycles. The first-order valence-corrected chi connectivity index (χ1v) is 5.97. The van der Waals surface area contributed by atoms with Gasteiger partial charge in [-0.3, -0.25) is 10.2 Å². The zero-order valence-electron chi connectivity index (χ0n) is 14.1. The number of nitrogens with two attached hydrogens (primary N) is 1. The summed E-state index contributed by atoms with van der Waals surface area (Å²) in [5, 5.41) is 7.19. The maximum absolute atomic E-state index is 11.7. The monoisotopic (exact) mass is 258 g/mol. The van der Waals surface area contributed by atoms with Crippen molar-refractivity contribution in [3.8, 4) is 0 Å². The number of nitrogens with zero attached hydrogens (tertiary/aromatic N) is 1. The molecule has 0 unspecified atom stereocenters. The van der Waals surface area contributed by atoms with E-state index in [1.165, 1.54) is 0 Å². The fraction of sp³-hybridized carbons (Fsp3) is 0.692. The third-order valence-electron chi connectivity index (χ3n) is 2.88. The minimum atomic E-state index is -2.63. The summed E-state index contributed by atoms with van der Waals surface area (Å²) < 4.78 is 26.7. The topological polar surface area (TPSA) is 79.4 Å². The van der Waals surface area contributed by atoms with Crippen LogP contribution in [0.1, 0.15) is 30.8 Å². The van der Waals surface area contributed by atoms with Crippen molar-refractivity contribution in [1.82, 2.24) is 4.90 Å². The van der Waals surface area contributed by atoms with Crippen LogP contribution in [0.25, 0.3) is 0 Å². The summed E-state index contributed by atoms with van der Waals surface area (Å²) in [5.41, 5.74) is 5.16. The van der Waals surface area contributed by atoms with Gasteiger partial charge in [-0.2, -0.15) is 0 Å². The molecule has 0 saturated heterocycles. The molecule has 0 saturated carbocycles. The summed E-state index contributed by atoms with van der Waals surface area (Å²) in [7, 11) is 0. The number of likely N-dealkylation sites (N-methyl/N-ethyl adjacent to an activating group) is 1. The van der Waals surface area contributed by atoms with Gasteiger partial charge in [-0.05, 0) is 24.7 Å². The Balaban J connectivity index is 4.31. The van der Waals surface area contributed by atoms with Crippen molar-refractivity contribution >= 4 is 11.9 Å². The predicted molar refractivity (Wildman–Crippen MR) is 73.3 cm³/mol. The number of rotatable bonds is 8. The summed E-state index contributed by atoms with van der Waals surface area (Å²) in [6.07, 6.45) is 3.70. The molecule has 0 spiro atoms. The Hall–Kier alpha value is -1.52. The zero-order chi connectivity index (χ0) is 16.6. The van der Waals surface area contributed by atoms with Crippen LogP contribution in [-0.4, -0.2) is 37.0 Å². The quantitative estimate of drug-likeness (QED) is 0.300. The molecule has 0 amide bonds. The zero-order valence-corrected chi connectivity index (χ0v) is 11.1. The third kappa shape index (κ3) is 6.93. The average Bonchev–Trinajstić information content (AvgIpc) is 2.37. The molecular weight excluding hydrogens is 230 g/mol. The van der Waals surface area contributed by atoms with Gasteiger partial charge < -0.3 is 15.4 Å². The Kier molecular flexibility index (Phi) is 5.49. The predicted octanol–water partition coefficient (Wildman–Crippen LogP) is 1.59. The third-order valence-corrected chi connectivity index (χ3v) is 2.88. The lowest BCUT2D eigenvalue weighted by atomic mass is 9.92. The molecule has 0 rings (SSSR count). The van der Waals surface area contributed by atoms with Crippen LogP contribution in [0.15, 0.2) is 12.7 Å². The number of hydrogen-bond acceptors (Lipinski definition) is 3. The first-order valence-electron chi connectivity index (χ1n) is 7.47. The van der Waals surface area contributed by atoms with Crippen molar-refractivity contribution in [3.05, 3.63) is 12.7 Å². The van der Waals surface area contributed by atoms with E-state index in [0.29, 0.717) is 10.8 Å². The van der Waals surface area contributed by atoms with E-state index in [-0.39, 0.29) is 12.5 Å². The molecule has 0 fully saturated rings. The second-order valence-electron chi connectivity index (χ2n) is 4.47. The fourth-order valence-corrected chi connectivity index (χ4v) is 1.31. The number of carbonyl (C=O) groups is 1. The highest BCUT2D eigenvalue weighted by Gasteiger charge is 2.15. The van der Waals surface area contributed by atoms with Crippen molar-refractivity contribution in [2.75, 3.05) is 20.1 Å². The molecule has 0 aromatic rings. The highest BCUT2D eigenvalue weighted by Crippen LogP contribution is 2.17. The van der Waals surface area contributed by atoms with Crippen LogP contribution < -0.4 is 5.73 Å². The Bertz CT molecular complexity index is 372. The van der Waals surface area contributed by atoms with Crippen LogP contribution >= 0.6 is 0 Å². The molecule has 0 aliphatic carbocycles.